The highest BCUT2D eigenvalue weighted by Crippen LogP contribution is 2.29. The third-order valence-electron chi connectivity index (χ3n) is 2.22. The summed E-state index contributed by atoms with van der Waals surface area (Å²) in [7, 11) is 0. The molecule has 0 aromatic carbocycles. The molecule has 0 atom stereocenters. The lowest BCUT2D eigenvalue weighted by atomic mass is 10.2. The van der Waals surface area contributed by atoms with Gasteiger partial charge in [-0.1, -0.05) is 0 Å². The van der Waals surface area contributed by atoms with Crippen LogP contribution in [-0.2, 0) is 0 Å². The molecule has 0 aliphatic rings. The van der Waals surface area contributed by atoms with Gasteiger partial charge in [0, 0.05) is 5.56 Å². The van der Waals surface area contributed by atoms with Crippen LogP contribution in [0.4, 0.5) is 5.69 Å². The normalized spacial score (nSPS) is 10.9. The van der Waals surface area contributed by atoms with Gasteiger partial charge in [0.1, 0.15) is 5.82 Å². The molecule has 2 aromatic heterocycles. The van der Waals surface area contributed by atoms with Gasteiger partial charge in [0.25, 0.3) is 5.69 Å². The van der Waals surface area contributed by atoms with E-state index in [2.05, 4.69) is 26.1 Å². The van der Waals surface area contributed by atoms with Crippen LogP contribution in [0.5, 0.6) is 0 Å². The quantitative estimate of drug-likeness (QED) is 0.587. The molecule has 2 aromatic rings. The zero-order valence-electron chi connectivity index (χ0n) is 8.06. The van der Waals surface area contributed by atoms with E-state index in [0.717, 1.165) is 0 Å². The second-order valence-electron chi connectivity index (χ2n) is 3.15. The van der Waals surface area contributed by atoms with Gasteiger partial charge in [-0.25, -0.2) is 0 Å². The van der Waals surface area contributed by atoms with E-state index in [-0.39, 0.29) is 5.69 Å². The Morgan fingerprint density at radius 2 is 2.13 bits per heavy atom. The van der Waals surface area contributed by atoms with Gasteiger partial charge in [0.2, 0.25) is 0 Å². The number of halogens is 1. The molecule has 0 saturated carbocycles. The van der Waals surface area contributed by atoms with Crippen molar-refractivity contribution in [2.45, 2.75) is 13.8 Å². The van der Waals surface area contributed by atoms with E-state index in [9.17, 15) is 10.1 Å². The Morgan fingerprint density at radius 3 is 2.73 bits per heavy atom. The zero-order chi connectivity index (χ0) is 11.2. The van der Waals surface area contributed by atoms with Crippen LogP contribution in [0, 0.1) is 24.0 Å². The second kappa shape index (κ2) is 3.27. The van der Waals surface area contributed by atoms with Crippen molar-refractivity contribution in [2.75, 3.05) is 0 Å². The number of aryl methyl sites for hydroxylation is 1. The average Bonchev–Trinajstić information content (AvgIpc) is 2.53. The lowest BCUT2D eigenvalue weighted by Crippen LogP contribution is -1.98. The van der Waals surface area contributed by atoms with E-state index in [1.165, 1.54) is 6.20 Å². The third kappa shape index (κ3) is 1.39. The van der Waals surface area contributed by atoms with Crippen LogP contribution < -0.4 is 0 Å². The Hall–Kier alpha value is -1.50. The molecule has 0 radical (unpaired) electrons. The minimum absolute atomic E-state index is 0.0530. The molecule has 15 heavy (non-hydrogen) atoms. The van der Waals surface area contributed by atoms with Gasteiger partial charge < -0.3 is 0 Å². The molecule has 0 unspecified atom stereocenters. The van der Waals surface area contributed by atoms with Crippen molar-refractivity contribution < 1.29 is 4.92 Å². The molecule has 0 aliphatic heterocycles. The SMILES string of the molecule is Cc1c([N+](=O)[O-])cn2c(C)nnc2c1Br. The maximum absolute atomic E-state index is 10.8. The first-order valence-corrected chi connectivity index (χ1v) is 4.96. The van der Waals surface area contributed by atoms with Gasteiger partial charge in [-0.2, -0.15) is 0 Å². The number of nitro groups is 1. The van der Waals surface area contributed by atoms with Crippen LogP contribution in [0.1, 0.15) is 11.4 Å². The first-order chi connectivity index (χ1) is 7.02. The first-order valence-electron chi connectivity index (χ1n) is 4.17. The summed E-state index contributed by atoms with van der Waals surface area (Å²) < 4.78 is 2.20. The van der Waals surface area contributed by atoms with Gasteiger partial charge in [-0.15, -0.1) is 10.2 Å². The highest BCUT2D eigenvalue weighted by molar-refractivity contribution is 9.10. The van der Waals surface area contributed by atoms with E-state index < -0.39 is 4.92 Å². The summed E-state index contributed by atoms with van der Waals surface area (Å²) in [6, 6.07) is 0. The summed E-state index contributed by atoms with van der Waals surface area (Å²) in [4.78, 5) is 10.4. The fourth-order valence-corrected chi connectivity index (χ4v) is 1.83. The Bertz CT molecular complexity index is 563. The molecule has 78 valence electrons. The van der Waals surface area contributed by atoms with Crippen molar-refractivity contribution in [3.05, 3.63) is 32.2 Å². The van der Waals surface area contributed by atoms with E-state index in [1.54, 1.807) is 18.2 Å². The van der Waals surface area contributed by atoms with Crippen LogP contribution in [0.15, 0.2) is 10.7 Å². The van der Waals surface area contributed by atoms with Crippen molar-refractivity contribution in [1.82, 2.24) is 14.6 Å². The molecule has 0 N–H and O–H groups in total. The third-order valence-corrected chi connectivity index (χ3v) is 3.17. The molecular formula is C8H7BrN4O2. The number of hydrogen-bond donors (Lipinski definition) is 0. The molecule has 0 aliphatic carbocycles. The lowest BCUT2D eigenvalue weighted by molar-refractivity contribution is -0.385. The monoisotopic (exact) mass is 270 g/mol. The number of fused-ring (bicyclic) bond motifs is 1. The van der Waals surface area contributed by atoms with Crippen molar-refractivity contribution in [3.8, 4) is 0 Å². The van der Waals surface area contributed by atoms with Crippen LogP contribution in [0.3, 0.4) is 0 Å². The van der Waals surface area contributed by atoms with Gasteiger partial charge in [0.15, 0.2) is 5.65 Å². The van der Waals surface area contributed by atoms with Gasteiger partial charge in [-0.05, 0) is 29.8 Å². The average molecular weight is 271 g/mol. The van der Waals surface area contributed by atoms with Crippen molar-refractivity contribution in [1.29, 1.82) is 0 Å². The Kier molecular flexibility index (Phi) is 2.18. The summed E-state index contributed by atoms with van der Waals surface area (Å²) in [5.74, 6) is 0.619. The van der Waals surface area contributed by atoms with Crippen LogP contribution in [-0.4, -0.2) is 19.5 Å². The van der Waals surface area contributed by atoms with Crippen molar-refractivity contribution in [3.63, 3.8) is 0 Å². The molecule has 2 rings (SSSR count). The van der Waals surface area contributed by atoms with Gasteiger partial charge >= 0.3 is 0 Å². The minimum Gasteiger partial charge on any atom is -0.279 e. The Morgan fingerprint density at radius 1 is 1.47 bits per heavy atom. The maximum atomic E-state index is 10.8. The summed E-state index contributed by atoms with van der Waals surface area (Å²) in [5, 5.41) is 18.6. The molecule has 0 spiro atoms. The molecular weight excluding hydrogens is 264 g/mol. The Labute approximate surface area is 93.2 Å². The molecule has 7 heteroatoms. The van der Waals surface area contributed by atoms with Crippen molar-refractivity contribution in [2.24, 2.45) is 0 Å². The van der Waals surface area contributed by atoms with E-state index >= 15 is 0 Å². The molecule has 6 nitrogen and oxygen atoms in total. The number of nitrogens with zero attached hydrogens (tertiary/aromatic N) is 4. The van der Waals surface area contributed by atoms with Crippen LogP contribution in [0.2, 0.25) is 0 Å². The highest BCUT2D eigenvalue weighted by Gasteiger charge is 2.18. The van der Waals surface area contributed by atoms with Gasteiger partial charge in [-0.3, -0.25) is 14.5 Å². The molecule has 0 fully saturated rings. The predicted octanol–water partition coefficient (Wildman–Crippen LogP) is 2.02. The topological polar surface area (TPSA) is 73.3 Å². The fraction of sp³-hybridized carbons (Fsp3) is 0.250. The first kappa shape index (κ1) is 10.0. The molecule has 0 bridgehead atoms. The van der Waals surface area contributed by atoms with E-state index in [1.807, 2.05) is 0 Å². The van der Waals surface area contributed by atoms with Crippen LogP contribution in [0.25, 0.3) is 5.65 Å². The number of hydrogen-bond acceptors (Lipinski definition) is 4. The molecule has 0 saturated heterocycles. The smallest absolute Gasteiger partial charge is 0.279 e. The largest absolute Gasteiger partial charge is 0.290 e. The maximum Gasteiger partial charge on any atom is 0.290 e. The summed E-state index contributed by atoms with van der Waals surface area (Å²) in [6.07, 6.45) is 1.44. The highest BCUT2D eigenvalue weighted by atomic mass is 79.9. The van der Waals surface area contributed by atoms with E-state index in [0.29, 0.717) is 21.5 Å². The second-order valence-corrected chi connectivity index (χ2v) is 3.94. The molecule has 2 heterocycles. The lowest BCUT2D eigenvalue weighted by Gasteiger charge is -2.02. The standard InChI is InChI=1S/C8H7BrN4O2/c1-4-6(13(14)15)3-12-5(2)10-11-8(12)7(4)9/h3H,1-2H3. The van der Waals surface area contributed by atoms with Crippen molar-refractivity contribution >= 4 is 27.3 Å². The minimum atomic E-state index is -0.418. The Balaban J connectivity index is 2.91. The summed E-state index contributed by atoms with van der Waals surface area (Å²) >= 11 is 3.29. The number of aromatic nitrogens is 3. The van der Waals surface area contributed by atoms with Crippen LogP contribution >= 0.6 is 15.9 Å². The number of rotatable bonds is 1. The molecule has 0 amide bonds. The van der Waals surface area contributed by atoms with Gasteiger partial charge in [0.05, 0.1) is 15.6 Å². The zero-order valence-corrected chi connectivity index (χ0v) is 9.65. The number of pyridine rings is 1. The fourth-order valence-electron chi connectivity index (χ4n) is 1.36. The summed E-state index contributed by atoms with van der Waals surface area (Å²) in [5.41, 5.74) is 1.20. The van der Waals surface area contributed by atoms with E-state index in [4.69, 9.17) is 0 Å². The predicted molar refractivity (Wildman–Crippen MR) is 56.8 cm³/mol. The summed E-state index contributed by atoms with van der Waals surface area (Å²) in [6.45, 7) is 3.41.